The van der Waals surface area contributed by atoms with Crippen LogP contribution in [0.2, 0.25) is 5.02 Å². The summed E-state index contributed by atoms with van der Waals surface area (Å²) in [4.78, 5) is 52.7. The molecule has 2 aliphatic heterocycles. The number of piperazine rings is 1. The van der Waals surface area contributed by atoms with E-state index in [0.717, 1.165) is 26.5 Å². The number of esters is 3. The quantitative estimate of drug-likeness (QED) is 0.298. The van der Waals surface area contributed by atoms with Crippen molar-refractivity contribution in [3.63, 3.8) is 0 Å². The van der Waals surface area contributed by atoms with E-state index >= 15 is 0 Å². The van der Waals surface area contributed by atoms with Gasteiger partial charge >= 0.3 is 17.9 Å². The molecule has 2 saturated heterocycles. The van der Waals surface area contributed by atoms with Crippen molar-refractivity contribution in [3.05, 3.63) is 29.3 Å². The summed E-state index contributed by atoms with van der Waals surface area (Å²) >= 11 is 6.31. The Morgan fingerprint density at radius 3 is 2.03 bits per heavy atom. The van der Waals surface area contributed by atoms with E-state index in [-0.39, 0.29) is 0 Å². The third-order valence-corrected chi connectivity index (χ3v) is 6.08. The van der Waals surface area contributed by atoms with Crippen LogP contribution in [-0.2, 0) is 42.9 Å². The third-order valence-electron chi connectivity index (χ3n) is 5.76. The normalized spacial score (nSPS) is 26.7. The summed E-state index contributed by atoms with van der Waals surface area (Å²) in [6, 6.07) is 7.37. The van der Waals surface area contributed by atoms with Crippen molar-refractivity contribution < 1.29 is 48.0 Å². The van der Waals surface area contributed by atoms with Crippen molar-refractivity contribution in [1.82, 2.24) is 4.90 Å². The summed E-state index contributed by atoms with van der Waals surface area (Å²) in [5.41, 5.74) is 0.842. The van der Waals surface area contributed by atoms with Gasteiger partial charge in [-0.3, -0.25) is 19.2 Å². The lowest BCUT2D eigenvalue weighted by atomic mass is 9.96. The molecule has 12 nitrogen and oxygen atoms in total. The summed E-state index contributed by atoms with van der Waals surface area (Å²) in [6.07, 6.45) is -8.68. The number of hydrogen-bond acceptors (Lipinski definition) is 11. The number of anilines is 1. The Balaban J connectivity index is 1.87. The number of benzene rings is 1. The summed E-state index contributed by atoms with van der Waals surface area (Å²) in [6.45, 7) is 6.18. The maximum absolute atomic E-state index is 13.7. The maximum atomic E-state index is 13.7. The standard InChI is InChI=1S/C24H31ClN2O10/c1-13(28)33-19-20(34-14(2)29)22(35-15(3)30)24(36-16(4)31)37-21(19)23(32)27-11-9-26(10-12-27)18-8-6-5-7-17(18)25/h5-8,13,19-22,24,28H,9-12H2,1-4H3/t13?,19-,20-,21-,22+,24+/m0/s1. The molecule has 1 amide bonds. The molecule has 0 bridgehead atoms. The molecule has 2 aliphatic rings. The minimum Gasteiger partial charge on any atom is -0.455 e. The van der Waals surface area contributed by atoms with Crippen LogP contribution >= 0.6 is 11.6 Å². The maximum Gasteiger partial charge on any atom is 0.305 e. The van der Waals surface area contributed by atoms with Gasteiger partial charge < -0.3 is 38.6 Å². The van der Waals surface area contributed by atoms with Gasteiger partial charge in [-0.05, 0) is 19.1 Å². The first-order valence-electron chi connectivity index (χ1n) is 11.8. The molecule has 6 atom stereocenters. The zero-order valence-corrected chi connectivity index (χ0v) is 21.8. The number of halogens is 1. The third kappa shape index (κ3) is 7.31. The van der Waals surface area contributed by atoms with Gasteiger partial charge in [-0.15, -0.1) is 0 Å². The van der Waals surface area contributed by atoms with E-state index in [0.29, 0.717) is 31.2 Å². The first kappa shape index (κ1) is 28.6. The molecule has 0 spiro atoms. The lowest BCUT2D eigenvalue weighted by molar-refractivity contribution is -0.309. The number of carbonyl (C=O) groups excluding carboxylic acids is 4. The molecule has 1 aromatic carbocycles. The van der Waals surface area contributed by atoms with Crippen LogP contribution in [0, 0.1) is 0 Å². The molecule has 1 N–H and O–H groups in total. The van der Waals surface area contributed by atoms with Gasteiger partial charge in [0.2, 0.25) is 12.4 Å². The van der Waals surface area contributed by atoms with Gasteiger partial charge in [-0.1, -0.05) is 23.7 Å². The van der Waals surface area contributed by atoms with Gasteiger partial charge in [0.25, 0.3) is 5.91 Å². The van der Waals surface area contributed by atoms with Crippen molar-refractivity contribution in [3.8, 4) is 0 Å². The SMILES string of the molecule is CC(=O)O[C@@H]1O[C@H](C(=O)N2CCN(c3ccccc3Cl)CC2)[C@@H](OC(C)O)[C@H](OC(C)=O)[C@H]1OC(C)=O. The Bertz CT molecular complexity index is 997. The largest absolute Gasteiger partial charge is 0.455 e. The fourth-order valence-electron chi connectivity index (χ4n) is 4.34. The number of nitrogens with zero attached hydrogens (tertiary/aromatic N) is 2. The molecule has 0 saturated carbocycles. The molecule has 37 heavy (non-hydrogen) atoms. The molecule has 2 heterocycles. The topological polar surface area (TPSA) is 141 Å². The van der Waals surface area contributed by atoms with Gasteiger partial charge in [-0.2, -0.15) is 0 Å². The molecular weight excluding hydrogens is 512 g/mol. The van der Waals surface area contributed by atoms with Gasteiger partial charge in [0, 0.05) is 47.0 Å². The van der Waals surface area contributed by atoms with Crippen molar-refractivity contribution in [1.29, 1.82) is 0 Å². The first-order valence-corrected chi connectivity index (χ1v) is 12.1. The summed E-state index contributed by atoms with van der Waals surface area (Å²) < 4.78 is 27.2. The molecule has 0 aliphatic carbocycles. The van der Waals surface area contributed by atoms with Crippen LogP contribution < -0.4 is 4.90 Å². The van der Waals surface area contributed by atoms with E-state index < -0.39 is 60.8 Å². The zero-order valence-electron chi connectivity index (χ0n) is 21.0. The number of aliphatic hydroxyl groups is 1. The monoisotopic (exact) mass is 542 g/mol. The Morgan fingerprint density at radius 2 is 1.49 bits per heavy atom. The fourth-order valence-corrected chi connectivity index (χ4v) is 4.60. The van der Waals surface area contributed by atoms with Crippen LogP contribution in [-0.4, -0.2) is 97.0 Å². The minimum atomic E-state index is -1.57. The highest BCUT2D eigenvalue weighted by Crippen LogP contribution is 2.32. The Morgan fingerprint density at radius 1 is 0.919 bits per heavy atom. The van der Waals surface area contributed by atoms with Gasteiger partial charge in [-0.25, -0.2) is 0 Å². The second kappa shape index (κ2) is 12.5. The van der Waals surface area contributed by atoms with Crippen molar-refractivity contribution in [2.45, 2.75) is 64.7 Å². The van der Waals surface area contributed by atoms with Crippen molar-refractivity contribution >= 4 is 41.1 Å². The van der Waals surface area contributed by atoms with E-state index in [1.54, 1.807) is 6.07 Å². The first-order chi connectivity index (χ1) is 17.5. The van der Waals surface area contributed by atoms with Crippen LogP contribution in [0.4, 0.5) is 5.69 Å². The van der Waals surface area contributed by atoms with Crippen molar-refractivity contribution in [2.24, 2.45) is 0 Å². The van der Waals surface area contributed by atoms with Crippen LogP contribution in [0.15, 0.2) is 24.3 Å². The average molecular weight is 543 g/mol. The Hall–Kier alpha value is -2.93. The molecule has 0 aromatic heterocycles. The molecule has 2 fully saturated rings. The average Bonchev–Trinajstić information content (AvgIpc) is 2.81. The van der Waals surface area contributed by atoms with Crippen LogP contribution in [0.3, 0.4) is 0 Å². The highest BCUT2D eigenvalue weighted by Gasteiger charge is 2.55. The lowest BCUT2D eigenvalue weighted by Gasteiger charge is -2.46. The van der Waals surface area contributed by atoms with Crippen LogP contribution in [0.5, 0.6) is 0 Å². The fraction of sp³-hybridized carbons (Fsp3) is 0.583. The predicted molar refractivity (Wildman–Crippen MR) is 128 cm³/mol. The predicted octanol–water partition coefficient (Wildman–Crippen LogP) is 0.863. The summed E-state index contributed by atoms with van der Waals surface area (Å²) in [5, 5.41) is 10.6. The molecule has 1 unspecified atom stereocenters. The van der Waals surface area contributed by atoms with Gasteiger partial charge in [0.05, 0.1) is 10.7 Å². The highest BCUT2D eigenvalue weighted by molar-refractivity contribution is 6.33. The van der Waals surface area contributed by atoms with Gasteiger partial charge in [0.1, 0.15) is 6.10 Å². The Kier molecular flexibility index (Phi) is 9.71. The van der Waals surface area contributed by atoms with E-state index in [1.165, 1.54) is 11.8 Å². The Labute approximate surface area is 219 Å². The number of para-hydroxylation sites is 1. The molecule has 3 rings (SSSR count). The molecule has 204 valence electrons. The molecule has 0 radical (unpaired) electrons. The van der Waals surface area contributed by atoms with Crippen molar-refractivity contribution in [2.75, 3.05) is 31.1 Å². The number of aliphatic hydroxyl groups excluding tert-OH is 1. The number of rotatable bonds is 7. The second-order valence-corrected chi connectivity index (χ2v) is 9.05. The highest BCUT2D eigenvalue weighted by atomic mass is 35.5. The second-order valence-electron chi connectivity index (χ2n) is 8.65. The van der Waals surface area contributed by atoms with E-state index in [9.17, 15) is 24.3 Å². The van der Waals surface area contributed by atoms with E-state index in [1.807, 2.05) is 23.1 Å². The van der Waals surface area contributed by atoms with Crippen LogP contribution in [0.1, 0.15) is 27.7 Å². The number of amides is 1. The molecule has 1 aromatic rings. The van der Waals surface area contributed by atoms with E-state index in [2.05, 4.69) is 0 Å². The molecular formula is C24H31ClN2O10. The lowest BCUT2D eigenvalue weighted by Crippen LogP contribution is -2.66. The number of carbonyl (C=O) groups is 4. The number of ether oxygens (including phenoxy) is 5. The van der Waals surface area contributed by atoms with Crippen LogP contribution in [0.25, 0.3) is 0 Å². The number of hydrogen-bond donors (Lipinski definition) is 1. The summed E-state index contributed by atoms with van der Waals surface area (Å²) in [5.74, 6) is -2.87. The van der Waals surface area contributed by atoms with E-state index in [4.69, 9.17) is 35.3 Å². The molecule has 13 heteroatoms. The summed E-state index contributed by atoms with van der Waals surface area (Å²) in [7, 11) is 0. The zero-order chi connectivity index (χ0) is 27.3. The minimum absolute atomic E-state index is 0.301. The smallest absolute Gasteiger partial charge is 0.305 e. The van der Waals surface area contributed by atoms with Gasteiger partial charge in [0.15, 0.2) is 18.5 Å².